The van der Waals surface area contributed by atoms with Gasteiger partial charge in [-0.2, -0.15) is 0 Å². The Morgan fingerprint density at radius 2 is 2.22 bits per heavy atom. The minimum atomic E-state index is -0.579. The molecule has 0 spiro atoms. The smallest absolute Gasteiger partial charge is 0.245 e. The first-order valence-electron chi connectivity index (χ1n) is 9.47. The maximum absolute atomic E-state index is 13.1. The number of carbonyl (C=O) groups is 2. The summed E-state index contributed by atoms with van der Waals surface area (Å²) in [5.74, 6) is -0.389. The molecule has 2 atom stereocenters. The number of rotatable bonds is 5. The summed E-state index contributed by atoms with van der Waals surface area (Å²) >= 11 is 0. The number of aliphatic hydroxyl groups is 1. The van der Waals surface area contributed by atoms with Gasteiger partial charge in [-0.25, -0.2) is 4.98 Å². The van der Waals surface area contributed by atoms with Gasteiger partial charge in [-0.1, -0.05) is 6.07 Å². The Morgan fingerprint density at radius 3 is 3.04 bits per heavy atom. The Kier molecular flexibility index (Phi) is 4.84. The average molecular weight is 371 g/mol. The minimum Gasteiger partial charge on any atom is -0.387 e. The van der Waals surface area contributed by atoms with Crippen molar-refractivity contribution in [2.45, 2.75) is 43.8 Å². The largest absolute Gasteiger partial charge is 0.387 e. The van der Waals surface area contributed by atoms with Crippen LogP contribution >= 0.6 is 0 Å². The number of nitrogens with zero attached hydrogens (tertiary/aromatic N) is 3. The van der Waals surface area contributed by atoms with Crippen molar-refractivity contribution in [2.24, 2.45) is 0 Å². The first-order chi connectivity index (χ1) is 13.1. The van der Waals surface area contributed by atoms with Gasteiger partial charge < -0.3 is 20.1 Å². The molecule has 0 aromatic carbocycles. The molecule has 4 rings (SSSR count). The highest BCUT2D eigenvalue weighted by atomic mass is 16.3. The summed E-state index contributed by atoms with van der Waals surface area (Å²) in [5, 5.41) is 14.9. The predicted molar refractivity (Wildman–Crippen MR) is 98.8 cm³/mol. The van der Waals surface area contributed by atoms with Crippen molar-refractivity contribution < 1.29 is 14.7 Å². The molecular weight excluding hydrogens is 346 g/mol. The summed E-state index contributed by atoms with van der Waals surface area (Å²) in [4.78, 5) is 31.4. The highest BCUT2D eigenvalue weighted by Crippen LogP contribution is 2.38. The number of aromatic nitrogens is 2. The van der Waals surface area contributed by atoms with Gasteiger partial charge in [-0.15, -0.1) is 0 Å². The quantitative estimate of drug-likeness (QED) is 0.690. The molecule has 0 aliphatic carbocycles. The number of aliphatic hydroxyl groups excluding tert-OH is 1. The van der Waals surface area contributed by atoms with Gasteiger partial charge in [-0.05, 0) is 44.4 Å². The summed E-state index contributed by atoms with van der Waals surface area (Å²) in [6.45, 7) is 1.36. The second kappa shape index (κ2) is 7.28. The van der Waals surface area contributed by atoms with Crippen molar-refractivity contribution in [1.29, 1.82) is 0 Å². The maximum atomic E-state index is 13.1. The SMILES string of the molecule is O=C(CO)N[C@@H]1CN2CCCC[C@@]2(C(=O)NCc2cn3ccccc3n2)C1. The summed E-state index contributed by atoms with van der Waals surface area (Å²) in [6, 6.07) is 5.69. The zero-order valence-corrected chi connectivity index (χ0v) is 15.2. The molecular formula is C19H25N5O3. The van der Waals surface area contributed by atoms with Crippen LogP contribution in [0.25, 0.3) is 5.65 Å². The van der Waals surface area contributed by atoms with Gasteiger partial charge in [0.15, 0.2) is 0 Å². The van der Waals surface area contributed by atoms with Crippen LogP contribution in [0.3, 0.4) is 0 Å². The van der Waals surface area contributed by atoms with Crippen molar-refractivity contribution in [3.8, 4) is 0 Å². The number of hydrogen-bond donors (Lipinski definition) is 3. The fourth-order valence-electron chi connectivity index (χ4n) is 4.46. The van der Waals surface area contributed by atoms with Crippen LogP contribution in [0.2, 0.25) is 0 Å². The average Bonchev–Trinajstić information content (AvgIpc) is 3.26. The summed E-state index contributed by atoms with van der Waals surface area (Å²) in [6.07, 6.45) is 7.28. The van der Waals surface area contributed by atoms with Crippen molar-refractivity contribution >= 4 is 17.5 Å². The van der Waals surface area contributed by atoms with Crippen LogP contribution in [0.5, 0.6) is 0 Å². The van der Waals surface area contributed by atoms with E-state index in [0.717, 1.165) is 37.1 Å². The van der Waals surface area contributed by atoms with Crippen LogP contribution in [-0.4, -0.2) is 62.5 Å². The van der Waals surface area contributed by atoms with Crippen molar-refractivity contribution in [1.82, 2.24) is 24.9 Å². The highest BCUT2D eigenvalue weighted by Gasteiger charge is 2.52. The predicted octanol–water partition coefficient (Wildman–Crippen LogP) is 0.0560. The monoisotopic (exact) mass is 371 g/mol. The van der Waals surface area contributed by atoms with Crippen LogP contribution in [-0.2, 0) is 16.1 Å². The first kappa shape index (κ1) is 17.9. The van der Waals surface area contributed by atoms with E-state index in [1.165, 1.54) is 0 Å². The third-order valence-electron chi connectivity index (χ3n) is 5.67. The molecule has 3 N–H and O–H groups in total. The summed E-state index contributed by atoms with van der Waals surface area (Å²) in [7, 11) is 0. The molecule has 2 fully saturated rings. The number of hydrogen-bond acceptors (Lipinski definition) is 5. The molecule has 4 heterocycles. The van der Waals surface area contributed by atoms with E-state index >= 15 is 0 Å². The van der Waals surface area contributed by atoms with E-state index in [9.17, 15) is 9.59 Å². The van der Waals surface area contributed by atoms with E-state index in [1.54, 1.807) is 0 Å². The second-order valence-corrected chi connectivity index (χ2v) is 7.44. The zero-order chi connectivity index (χ0) is 18.9. The van der Waals surface area contributed by atoms with Gasteiger partial charge in [-0.3, -0.25) is 14.5 Å². The van der Waals surface area contributed by atoms with Gasteiger partial charge >= 0.3 is 0 Å². The number of carbonyl (C=O) groups excluding carboxylic acids is 2. The molecule has 2 aliphatic rings. The van der Waals surface area contributed by atoms with Gasteiger partial charge in [0, 0.05) is 25.0 Å². The standard InChI is InChI=1S/C19H25N5O3/c25-13-17(26)22-14-9-19(6-2-4-8-24(19)12-14)18(27)20-10-15-11-23-7-3-1-5-16(23)21-15/h1,3,5,7,11,14,25H,2,4,6,8-10,12-13H2,(H,20,27)(H,22,26)/t14-,19-/m0/s1. The van der Waals surface area contributed by atoms with Crippen LogP contribution in [0.15, 0.2) is 30.6 Å². The van der Waals surface area contributed by atoms with Crippen molar-refractivity contribution in [3.05, 3.63) is 36.3 Å². The molecule has 27 heavy (non-hydrogen) atoms. The Morgan fingerprint density at radius 1 is 1.33 bits per heavy atom. The van der Waals surface area contributed by atoms with Crippen molar-refractivity contribution in [2.75, 3.05) is 19.7 Å². The van der Waals surface area contributed by atoms with Crippen LogP contribution in [0, 0.1) is 0 Å². The molecule has 0 radical (unpaired) electrons. The van der Waals surface area contributed by atoms with Crippen LogP contribution in [0.1, 0.15) is 31.4 Å². The Balaban J connectivity index is 1.45. The number of fused-ring (bicyclic) bond motifs is 2. The summed E-state index contributed by atoms with van der Waals surface area (Å²) in [5.41, 5.74) is 1.09. The molecule has 8 nitrogen and oxygen atoms in total. The molecule has 0 bridgehead atoms. The molecule has 2 aromatic heterocycles. The van der Waals surface area contributed by atoms with Gasteiger partial charge in [0.25, 0.3) is 0 Å². The van der Waals surface area contributed by atoms with Gasteiger partial charge in [0.05, 0.1) is 12.2 Å². The minimum absolute atomic E-state index is 0.00000331. The molecule has 8 heteroatoms. The summed E-state index contributed by atoms with van der Waals surface area (Å²) < 4.78 is 1.93. The molecule has 2 aliphatic heterocycles. The third kappa shape index (κ3) is 3.42. The van der Waals surface area contributed by atoms with E-state index in [0.29, 0.717) is 19.5 Å². The highest BCUT2D eigenvalue weighted by molar-refractivity contribution is 5.87. The molecule has 2 saturated heterocycles. The third-order valence-corrected chi connectivity index (χ3v) is 5.67. The number of nitrogens with one attached hydrogen (secondary N) is 2. The van der Waals surface area contributed by atoms with E-state index in [2.05, 4.69) is 20.5 Å². The van der Waals surface area contributed by atoms with Gasteiger partial charge in [0.2, 0.25) is 11.8 Å². The van der Waals surface area contributed by atoms with Gasteiger partial charge in [0.1, 0.15) is 17.8 Å². The zero-order valence-electron chi connectivity index (χ0n) is 15.2. The molecule has 0 unspecified atom stereocenters. The number of pyridine rings is 1. The number of imidazole rings is 1. The van der Waals surface area contributed by atoms with E-state index in [4.69, 9.17) is 5.11 Å². The van der Waals surface area contributed by atoms with Crippen molar-refractivity contribution in [3.63, 3.8) is 0 Å². The fourth-order valence-corrected chi connectivity index (χ4v) is 4.46. The van der Waals surface area contributed by atoms with E-state index in [-0.39, 0.29) is 17.9 Å². The Hall–Kier alpha value is -2.45. The molecule has 2 amide bonds. The topological polar surface area (TPSA) is 99.0 Å². The Bertz CT molecular complexity index is 818. The number of piperidine rings is 1. The normalized spacial score (nSPS) is 25.3. The number of amides is 2. The van der Waals surface area contributed by atoms with Crippen LogP contribution in [0.4, 0.5) is 0 Å². The Labute approximate surface area is 157 Å². The van der Waals surface area contributed by atoms with Crippen LogP contribution < -0.4 is 10.6 Å². The second-order valence-electron chi connectivity index (χ2n) is 7.44. The first-order valence-corrected chi connectivity index (χ1v) is 9.47. The lowest BCUT2D eigenvalue weighted by Crippen LogP contribution is -2.57. The lowest BCUT2D eigenvalue weighted by Gasteiger charge is -2.40. The fraction of sp³-hybridized carbons (Fsp3) is 0.526. The van der Waals surface area contributed by atoms with E-state index < -0.39 is 12.1 Å². The molecule has 0 saturated carbocycles. The molecule has 144 valence electrons. The molecule has 2 aromatic rings. The lowest BCUT2D eigenvalue weighted by molar-refractivity contribution is -0.134. The lowest BCUT2D eigenvalue weighted by atomic mass is 9.84. The van der Waals surface area contributed by atoms with E-state index in [1.807, 2.05) is 35.0 Å². The maximum Gasteiger partial charge on any atom is 0.245 e.